The van der Waals surface area contributed by atoms with E-state index in [0.717, 1.165) is 33.0 Å². The number of thioether (sulfide) groups is 2. The molecule has 1 fully saturated rings. The summed E-state index contributed by atoms with van der Waals surface area (Å²) in [5, 5.41) is 26.1. The Morgan fingerprint density at radius 1 is 1.56 bits per heavy atom. The van der Waals surface area contributed by atoms with Crippen LogP contribution in [-0.4, -0.2) is 85.7 Å². The lowest BCUT2D eigenvalue weighted by atomic mass is 10.0. The molecule has 2 aliphatic heterocycles. The largest absolute Gasteiger partial charge is 0.477 e. The minimum Gasteiger partial charge on any atom is -0.477 e. The van der Waals surface area contributed by atoms with E-state index in [9.17, 15) is 19.5 Å². The number of rotatable bonds is 7. The lowest BCUT2D eigenvalue weighted by Gasteiger charge is -2.49. The zero-order chi connectivity index (χ0) is 23.6. The fourth-order valence-corrected chi connectivity index (χ4v) is 5.73. The second-order valence-electron chi connectivity index (χ2n) is 6.52. The van der Waals surface area contributed by atoms with Crippen LogP contribution >= 0.6 is 34.9 Å². The minimum absolute atomic E-state index is 0.0575. The fourth-order valence-electron chi connectivity index (χ4n) is 2.95. The first-order valence-electron chi connectivity index (χ1n) is 8.88. The van der Waals surface area contributed by atoms with Crippen LogP contribution in [0, 0.1) is 5.41 Å². The molecule has 16 heteroatoms. The highest BCUT2D eigenvalue weighted by atomic mass is 32.2. The Balaban J connectivity index is 1.75. The number of nitrogens with two attached hydrogens (primary N) is 2. The Bertz CT molecular complexity index is 1020. The number of nitrogens with one attached hydrogen (secondary N) is 2. The average molecular weight is 501 g/mol. The molecule has 0 spiro atoms. The van der Waals surface area contributed by atoms with E-state index < -0.39 is 29.2 Å². The van der Waals surface area contributed by atoms with Crippen LogP contribution in [0.5, 0.6) is 0 Å². The second kappa shape index (κ2) is 9.76. The number of β-lactam (4-membered cyclic amide) rings is 1. The van der Waals surface area contributed by atoms with Crippen LogP contribution in [0.1, 0.15) is 5.69 Å². The van der Waals surface area contributed by atoms with Gasteiger partial charge in [-0.25, -0.2) is 15.6 Å². The van der Waals surface area contributed by atoms with Crippen molar-refractivity contribution < 1.29 is 24.3 Å². The molecule has 3 rings (SSSR count). The summed E-state index contributed by atoms with van der Waals surface area (Å²) in [6, 6.07) is -0.942. The molecule has 172 valence electrons. The van der Waals surface area contributed by atoms with Crippen LogP contribution in [0.15, 0.2) is 21.8 Å². The molecule has 0 saturated carbocycles. The number of nitrogens with zero attached hydrogens (tertiary/aromatic N) is 4. The van der Waals surface area contributed by atoms with Gasteiger partial charge in [0.25, 0.3) is 11.8 Å². The van der Waals surface area contributed by atoms with E-state index in [-0.39, 0.29) is 33.2 Å². The molecule has 1 aromatic rings. The van der Waals surface area contributed by atoms with Crippen molar-refractivity contribution in [3.05, 3.63) is 22.3 Å². The Kier molecular flexibility index (Phi) is 7.27. The van der Waals surface area contributed by atoms with Gasteiger partial charge in [0, 0.05) is 23.9 Å². The summed E-state index contributed by atoms with van der Waals surface area (Å²) in [6.45, 7) is 0. The molecule has 2 aliphatic rings. The number of thiazole rings is 1. The van der Waals surface area contributed by atoms with Crippen molar-refractivity contribution in [2.45, 2.75) is 11.4 Å². The number of carboxylic acids is 1. The third-order valence-corrected chi connectivity index (χ3v) is 7.47. The quantitative estimate of drug-likeness (QED) is 0.104. The number of oxime groups is 1. The molecule has 32 heavy (non-hydrogen) atoms. The van der Waals surface area contributed by atoms with Crippen molar-refractivity contribution >= 4 is 68.7 Å². The zero-order valence-electron chi connectivity index (χ0n) is 16.9. The van der Waals surface area contributed by atoms with E-state index in [1.165, 1.54) is 31.3 Å². The lowest BCUT2D eigenvalue weighted by molar-refractivity contribution is -0.150. The Morgan fingerprint density at radius 2 is 2.28 bits per heavy atom. The van der Waals surface area contributed by atoms with Crippen molar-refractivity contribution in [3.8, 4) is 0 Å². The number of carbonyl (C=O) groups excluding carboxylic acids is 2. The summed E-state index contributed by atoms with van der Waals surface area (Å²) < 4.78 is 0. The number of carbonyl (C=O) groups is 3. The summed E-state index contributed by atoms with van der Waals surface area (Å²) in [7, 11) is 2.77. The van der Waals surface area contributed by atoms with E-state index in [2.05, 4.69) is 15.5 Å². The van der Waals surface area contributed by atoms with Gasteiger partial charge in [0.1, 0.15) is 29.9 Å². The number of amides is 2. The van der Waals surface area contributed by atoms with Crippen LogP contribution in [0.3, 0.4) is 0 Å². The summed E-state index contributed by atoms with van der Waals surface area (Å²) in [5.74, 6) is 3.50. The highest BCUT2D eigenvalue weighted by molar-refractivity contribution is 8.13. The molecule has 2 amide bonds. The second-order valence-corrected chi connectivity index (χ2v) is 9.48. The standard InChI is InChI=1S/C16H20N8O5S3/c1-23(19)16(18)32-4-6-3-30-13-9(12(26)24(13)10(6)14(27)28)21-11(25)8(22-29-2)7-5-31-15(17)20-7/h5,9,13,18H,3-4,19H2,1-2H3,(H2,17,20)(H,21,25)(H,27,28). The number of hydrazine groups is 1. The highest BCUT2D eigenvalue weighted by Gasteiger charge is 2.54. The van der Waals surface area contributed by atoms with Crippen LogP contribution < -0.4 is 16.9 Å². The van der Waals surface area contributed by atoms with Crippen molar-refractivity contribution in [3.63, 3.8) is 0 Å². The van der Waals surface area contributed by atoms with Crippen LogP contribution in [0.2, 0.25) is 0 Å². The van der Waals surface area contributed by atoms with Crippen molar-refractivity contribution in [1.82, 2.24) is 20.2 Å². The molecule has 0 bridgehead atoms. The summed E-state index contributed by atoms with van der Waals surface area (Å²) in [6.07, 6.45) is 0. The SMILES string of the molecule is CON=C(C(=O)NC1C(=O)N2C(C(=O)O)=C(CSC(=N)N(C)N)CSC12)c1csc(N)n1. The van der Waals surface area contributed by atoms with Crippen molar-refractivity contribution in [2.75, 3.05) is 31.4 Å². The third kappa shape index (κ3) is 4.67. The van der Waals surface area contributed by atoms with E-state index in [4.69, 9.17) is 21.8 Å². The van der Waals surface area contributed by atoms with E-state index in [0.29, 0.717) is 11.3 Å². The first-order valence-corrected chi connectivity index (χ1v) is 11.8. The molecule has 0 radical (unpaired) electrons. The molecule has 1 aromatic heterocycles. The molecule has 1 saturated heterocycles. The molecule has 0 aromatic carbocycles. The van der Waals surface area contributed by atoms with E-state index >= 15 is 0 Å². The smallest absolute Gasteiger partial charge is 0.352 e. The van der Waals surface area contributed by atoms with Gasteiger partial charge in [0.2, 0.25) is 0 Å². The monoisotopic (exact) mass is 500 g/mol. The number of aliphatic carboxylic acids is 1. The Hall–Kier alpha value is -2.82. The van der Waals surface area contributed by atoms with E-state index in [1.54, 1.807) is 0 Å². The fraction of sp³-hybridized carbons (Fsp3) is 0.375. The molecule has 0 aliphatic carbocycles. The van der Waals surface area contributed by atoms with Gasteiger partial charge in [-0.3, -0.25) is 24.9 Å². The van der Waals surface area contributed by atoms with Gasteiger partial charge in [-0.15, -0.1) is 23.1 Å². The van der Waals surface area contributed by atoms with Crippen LogP contribution in [0.4, 0.5) is 5.13 Å². The van der Waals surface area contributed by atoms with Gasteiger partial charge in [0.15, 0.2) is 16.0 Å². The molecular weight excluding hydrogens is 480 g/mol. The van der Waals surface area contributed by atoms with Gasteiger partial charge in [-0.1, -0.05) is 16.9 Å². The zero-order valence-corrected chi connectivity index (χ0v) is 19.3. The van der Waals surface area contributed by atoms with Gasteiger partial charge in [-0.2, -0.15) is 0 Å². The number of nitrogen functional groups attached to an aromatic ring is 1. The first kappa shape index (κ1) is 23.8. The maximum absolute atomic E-state index is 12.8. The molecule has 13 nitrogen and oxygen atoms in total. The molecule has 2 unspecified atom stereocenters. The number of hydrogen-bond donors (Lipinski definition) is 5. The lowest BCUT2D eigenvalue weighted by Crippen LogP contribution is -2.71. The molecule has 7 N–H and O–H groups in total. The van der Waals surface area contributed by atoms with Crippen LogP contribution in [0.25, 0.3) is 0 Å². The molecule has 2 atom stereocenters. The Morgan fingerprint density at radius 3 is 2.84 bits per heavy atom. The normalized spacial score (nSPS) is 20.4. The average Bonchev–Trinajstić information content (AvgIpc) is 3.18. The number of hydrogen-bond acceptors (Lipinski definition) is 12. The number of amidine groups is 1. The predicted molar refractivity (Wildman–Crippen MR) is 122 cm³/mol. The van der Waals surface area contributed by atoms with Gasteiger partial charge in [0.05, 0.1) is 0 Å². The number of anilines is 1. The summed E-state index contributed by atoms with van der Waals surface area (Å²) in [5.41, 5.74) is 6.01. The third-order valence-electron chi connectivity index (χ3n) is 4.40. The van der Waals surface area contributed by atoms with Gasteiger partial charge >= 0.3 is 5.97 Å². The maximum atomic E-state index is 12.8. The minimum atomic E-state index is -1.25. The predicted octanol–water partition coefficient (Wildman–Crippen LogP) is -0.712. The summed E-state index contributed by atoms with van der Waals surface area (Å²) >= 11 is 3.49. The topological polar surface area (TPSA) is 200 Å². The molecular formula is C16H20N8O5S3. The van der Waals surface area contributed by atoms with Crippen molar-refractivity contribution in [1.29, 1.82) is 5.41 Å². The first-order chi connectivity index (χ1) is 15.1. The van der Waals surface area contributed by atoms with E-state index in [1.807, 2.05) is 0 Å². The number of fused-ring (bicyclic) bond motifs is 1. The number of aromatic nitrogens is 1. The molecule has 3 heterocycles. The Labute approximate surface area is 194 Å². The van der Waals surface area contributed by atoms with Gasteiger partial charge in [-0.05, 0) is 5.57 Å². The van der Waals surface area contributed by atoms with Crippen LogP contribution in [-0.2, 0) is 19.2 Å². The van der Waals surface area contributed by atoms with Crippen molar-refractivity contribution in [2.24, 2.45) is 11.0 Å². The summed E-state index contributed by atoms with van der Waals surface area (Å²) in [4.78, 5) is 47.3. The maximum Gasteiger partial charge on any atom is 0.352 e. The number of carboxylic acid groups (broad SMARTS) is 1. The van der Waals surface area contributed by atoms with Gasteiger partial charge < -0.3 is 21.0 Å². The highest BCUT2D eigenvalue weighted by Crippen LogP contribution is 2.41.